The first kappa shape index (κ1) is 15.3. The Bertz CT molecular complexity index is 479. The number of piperidine rings is 1. The number of carbonyl (C=O) groups excluding carboxylic acids is 1. The van der Waals surface area contributed by atoms with Gasteiger partial charge >= 0.3 is 0 Å². The Morgan fingerprint density at radius 1 is 1.35 bits per heavy atom. The Labute approximate surface area is 126 Å². The topological polar surface area (TPSA) is 32.3 Å². The maximum absolute atomic E-state index is 12.1. The molecule has 0 aliphatic carbocycles. The van der Waals surface area contributed by atoms with Crippen LogP contribution in [0, 0.1) is 18.8 Å². The number of aryl methyl sites for hydroxylation is 1. The lowest BCUT2D eigenvalue weighted by molar-refractivity contribution is -0.117. The molecule has 1 aromatic carbocycles. The van der Waals surface area contributed by atoms with Gasteiger partial charge in [-0.15, -0.1) is 0 Å². The third-order valence-corrected chi connectivity index (χ3v) is 4.02. The van der Waals surface area contributed by atoms with E-state index in [1.54, 1.807) is 0 Å². The molecule has 0 radical (unpaired) electrons. The molecular weight excluding hydrogens is 272 g/mol. The zero-order chi connectivity index (χ0) is 14.7. The van der Waals surface area contributed by atoms with E-state index in [4.69, 9.17) is 11.6 Å². The van der Waals surface area contributed by atoms with Gasteiger partial charge in [-0.3, -0.25) is 9.69 Å². The van der Waals surface area contributed by atoms with Crippen LogP contribution in [0.5, 0.6) is 0 Å². The molecule has 0 bridgehead atoms. The number of nitrogens with one attached hydrogen (secondary N) is 1. The number of likely N-dealkylation sites (tertiary alicyclic amines) is 1. The van der Waals surface area contributed by atoms with Gasteiger partial charge in [0.15, 0.2) is 0 Å². The lowest BCUT2D eigenvalue weighted by Gasteiger charge is -2.34. The van der Waals surface area contributed by atoms with E-state index >= 15 is 0 Å². The number of rotatable bonds is 3. The van der Waals surface area contributed by atoms with E-state index in [0.717, 1.165) is 18.7 Å². The molecule has 1 heterocycles. The fraction of sp³-hybridized carbons (Fsp3) is 0.562. The standard InChI is InChI=1S/C16H23ClN2O/c1-11-4-5-15(14(17)7-11)18-16(20)10-19-8-12(2)6-13(3)9-19/h4-5,7,12-13H,6,8-10H2,1-3H3,(H,18,20)/t12-,13-/m1/s1. The first-order valence-electron chi connectivity index (χ1n) is 7.22. The third kappa shape index (κ3) is 4.22. The van der Waals surface area contributed by atoms with E-state index < -0.39 is 0 Å². The zero-order valence-corrected chi connectivity index (χ0v) is 13.2. The second-order valence-corrected chi connectivity index (χ2v) is 6.58. The van der Waals surface area contributed by atoms with Crippen molar-refractivity contribution in [2.45, 2.75) is 27.2 Å². The van der Waals surface area contributed by atoms with Crippen LogP contribution in [-0.4, -0.2) is 30.4 Å². The van der Waals surface area contributed by atoms with Crippen molar-refractivity contribution in [2.75, 3.05) is 25.0 Å². The number of hydrogen-bond acceptors (Lipinski definition) is 2. The Kier molecular flexibility index (Phi) is 5.06. The smallest absolute Gasteiger partial charge is 0.238 e. The van der Waals surface area contributed by atoms with Gasteiger partial charge in [-0.2, -0.15) is 0 Å². The summed E-state index contributed by atoms with van der Waals surface area (Å²) in [6.07, 6.45) is 1.25. The van der Waals surface area contributed by atoms with Gasteiger partial charge in [0.2, 0.25) is 5.91 Å². The molecule has 0 unspecified atom stereocenters. The number of benzene rings is 1. The maximum Gasteiger partial charge on any atom is 0.238 e. The average molecular weight is 295 g/mol. The first-order valence-corrected chi connectivity index (χ1v) is 7.60. The lowest BCUT2D eigenvalue weighted by Crippen LogP contribution is -2.42. The van der Waals surface area contributed by atoms with Crippen LogP contribution in [0.25, 0.3) is 0 Å². The summed E-state index contributed by atoms with van der Waals surface area (Å²) < 4.78 is 0. The van der Waals surface area contributed by atoms with Crippen LogP contribution in [0.1, 0.15) is 25.8 Å². The van der Waals surface area contributed by atoms with Gasteiger partial charge < -0.3 is 5.32 Å². The number of nitrogens with zero attached hydrogens (tertiary/aromatic N) is 1. The van der Waals surface area contributed by atoms with Crippen molar-refractivity contribution in [1.82, 2.24) is 4.90 Å². The molecule has 4 heteroatoms. The molecule has 0 saturated carbocycles. The van der Waals surface area contributed by atoms with Crippen molar-refractivity contribution in [1.29, 1.82) is 0 Å². The summed E-state index contributed by atoms with van der Waals surface area (Å²) in [6, 6.07) is 5.67. The second-order valence-electron chi connectivity index (χ2n) is 6.17. The summed E-state index contributed by atoms with van der Waals surface area (Å²) in [5.74, 6) is 1.33. The van der Waals surface area contributed by atoms with Crippen LogP contribution in [0.3, 0.4) is 0 Å². The summed E-state index contributed by atoms with van der Waals surface area (Å²) in [6.45, 7) is 8.92. The Morgan fingerprint density at radius 2 is 2.00 bits per heavy atom. The first-order chi connectivity index (χ1) is 9.44. The number of anilines is 1. The maximum atomic E-state index is 12.1. The Hall–Kier alpha value is -1.06. The number of hydrogen-bond donors (Lipinski definition) is 1. The Balaban J connectivity index is 1.92. The van der Waals surface area contributed by atoms with Crippen molar-refractivity contribution < 1.29 is 4.79 Å². The highest BCUT2D eigenvalue weighted by Gasteiger charge is 2.23. The van der Waals surface area contributed by atoms with Gasteiger partial charge in [0.1, 0.15) is 0 Å². The summed E-state index contributed by atoms with van der Waals surface area (Å²) in [4.78, 5) is 14.4. The average Bonchev–Trinajstić information content (AvgIpc) is 2.31. The zero-order valence-electron chi connectivity index (χ0n) is 12.4. The normalized spacial score (nSPS) is 23.6. The molecule has 3 nitrogen and oxygen atoms in total. The van der Waals surface area contributed by atoms with Gasteiger partial charge in [0.25, 0.3) is 0 Å². The molecule has 1 amide bonds. The minimum Gasteiger partial charge on any atom is -0.324 e. The molecule has 20 heavy (non-hydrogen) atoms. The minimum atomic E-state index is 0.0112. The lowest BCUT2D eigenvalue weighted by atomic mass is 9.92. The van der Waals surface area contributed by atoms with Gasteiger partial charge in [-0.25, -0.2) is 0 Å². The quantitative estimate of drug-likeness (QED) is 0.924. The highest BCUT2D eigenvalue weighted by atomic mass is 35.5. The van der Waals surface area contributed by atoms with E-state index in [2.05, 4.69) is 24.1 Å². The van der Waals surface area contributed by atoms with Crippen LogP contribution >= 0.6 is 11.6 Å². The molecule has 2 atom stereocenters. The van der Waals surface area contributed by atoms with Gasteiger partial charge in [0, 0.05) is 13.1 Å². The summed E-state index contributed by atoms with van der Waals surface area (Å²) in [5.41, 5.74) is 1.78. The second kappa shape index (κ2) is 6.59. The summed E-state index contributed by atoms with van der Waals surface area (Å²) in [5, 5.41) is 3.50. The number of amides is 1. The fourth-order valence-electron chi connectivity index (χ4n) is 3.04. The van der Waals surface area contributed by atoms with Gasteiger partial charge in [-0.05, 0) is 42.9 Å². The molecular formula is C16H23ClN2O. The molecule has 110 valence electrons. The minimum absolute atomic E-state index is 0.0112. The molecule has 2 rings (SSSR count). The van der Waals surface area contributed by atoms with Gasteiger partial charge in [-0.1, -0.05) is 31.5 Å². The van der Waals surface area contributed by atoms with E-state index in [9.17, 15) is 4.79 Å². The largest absolute Gasteiger partial charge is 0.324 e. The van der Waals surface area contributed by atoms with Crippen LogP contribution in [-0.2, 0) is 4.79 Å². The molecule has 0 aromatic heterocycles. The Morgan fingerprint density at radius 3 is 2.60 bits per heavy atom. The van der Waals surface area contributed by atoms with Gasteiger partial charge in [0.05, 0.1) is 17.3 Å². The van der Waals surface area contributed by atoms with Crippen molar-refractivity contribution in [3.8, 4) is 0 Å². The molecule has 1 aliphatic heterocycles. The van der Waals surface area contributed by atoms with Crippen molar-refractivity contribution in [3.05, 3.63) is 28.8 Å². The predicted octanol–water partition coefficient (Wildman–Crippen LogP) is 3.56. The SMILES string of the molecule is Cc1ccc(NC(=O)CN2C[C@H](C)C[C@@H](C)C2)c(Cl)c1. The van der Waals surface area contributed by atoms with E-state index in [-0.39, 0.29) is 5.91 Å². The van der Waals surface area contributed by atoms with Crippen molar-refractivity contribution in [3.63, 3.8) is 0 Å². The summed E-state index contributed by atoms with van der Waals surface area (Å²) >= 11 is 6.13. The van der Waals surface area contributed by atoms with E-state index in [1.165, 1.54) is 6.42 Å². The molecule has 0 spiro atoms. The van der Waals surface area contributed by atoms with Crippen LogP contribution < -0.4 is 5.32 Å². The van der Waals surface area contributed by atoms with Crippen LogP contribution in [0.4, 0.5) is 5.69 Å². The monoisotopic (exact) mass is 294 g/mol. The van der Waals surface area contributed by atoms with Crippen molar-refractivity contribution in [2.24, 2.45) is 11.8 Å². The van der Waals surface area contributed by atoms with Crippen molar-refractivity contribution >= 4 is 23.2 Å². The number of halogens is 1. The highest BCUT2D eigenvalue weighted by Crippen LogP contribution is 2.23. The van der Waals surface area contributed by atoms with Crippen LogP contribution in [0.15, 0.2) is 18.2 Å². The molecule has 1 aliphatic rings. The third-order valence-electron chi connectivity index (χ3n) is 3.71. The van der Waals surface area contributed by atoms with E-state index in [1.807, 2.05) is 25.1 Å². The molecule has 1 aromatic rings. The molecule has 1 fully saturated rings. The summed E-state index contributed by atoms with van der Waals surface area (Å²) in [7, 11) is 0. The van der Waals surface area contributed by atoms with E-state index in [0.29, 0.717) is 29.1 Å². The highest BCUT2D eigenvalue weighted by molar-refractivity contribution is 6.33. The van der Waals surface area contributed by atoms with Crippen LogP contribution in [0.2, 0.25) is 5.02 Å². The number of carbonyl (C=O) groups is 1. The predicted molar refractivity (Wildman–Crippen MR) is 84.2 cm³/mol. The molecule has 1 N–H and O–H groups in total. The molecule has 1 saturated heterocycles. The fourth-order valence-corrected chi connectivity index (χ4v) is 3.32.